The van der Waals surface area contributed by atoms with Gasteiger partial charge in [0.15, 0.2) is 6.10 Å². The van der Waals surface area contributed by atoms with Gasteiger partial charge in [0, 0.05) is 19.3 Å². The Bertz CT molecular complexity index is 1170. The molecule has 0 saturated heterocycles. The molecule has 0 spiro atoms. The van der Waals surface area contributed by atoms with E-state index in [1.54, 1.807) is 0 Å². The Morgan fingerprint density at radius 1 is 0.313 bits per heavy atom. The first kappa shape index (κ1) is 64.4. The minimum absolute atomic E-state index is 0.0776. The summed E-state index contributed by atoms with van der Waals surface area (Å²) in [6, 6.07) is 0. The molecule has 0 fully saturated rings. The summed E-state index contributed by atoms with van der Waals surface area (Å²) in [7, 11) is 0. The van der Waals surface area contributed by atoms with Gasteiger partial charge < -0.3 is 14.2 Å². The molecule has 0 aromatic carbocycles. The molecule has 0 amide bonds. The zero-order valence-electron chi connectivity index (χ0n) is 44.7. The van der Waals surface area contributed by atoms with Crippen LogP contribution in [-0.4, -0.2) is 37.2 Å². The van der Waals surface area contributed by atoms with E-state index in [4.69, 9.17) is 14.2 Å². The second-order valence-corrected chi connectivity index (χ2v) is 19.5. The third-order valence-corrected chi connectivity index (χ3v) is 12.8. The summed E-state index contributed by atoms with van der Waals surface area (Å²) < 4.78 is 16.8. The van der Waals surface area contributed by atoms with Gasteiger partial charge in [-0.3, -0.25) is 14.4 Å². The highest BCUT2D eigenvalue weighted by atomic mass is 16.6. The number of rotatable bonds is 53. The maximum Gasteiger partial charge on any atom is 0.306 e. The standard InChI is InChI=1S/C61H110O6/c1-4-7-10-13-16-18-20-22-24-25-26-27-28-29-30-31-32-33-34-35-37-38-40-42-45-48-51-54-60(63)66-57-58(56-65-59(62)53-50-47-44-15-12-9-6-3)67-61(64)55-52-49-46-43-41-39-36-23-21-19-17-14-11-8-5-2/h8,11,17,19,23,25-26,36,58H,4-7,9-10,12-16,18,20-22,24,27-35,37-57H2,1-3H3/b11-8-,19-17-,26-25-,36-23-. The van der Waals surface area contributed by atoms with E-state index in [0.717, 1.165) is 96.3 Å². The summed E-state index contributed by atoms with van der Waals surface area (Å²) in [6.07, 6.45) is 68.6. The van der Waals surface area contributed by atoms with Crippen molar-refractivity contribution in [3.05, 3.63) is 48.6 Å². The Hall–Kier alpha value is -2.63. The first-order valence-electron chi connectivity index (χ1n) is 29.1. The molecule has 0 aliphatic rings. The lowest BCUT2D eigenvalue weighted by molar-refractivity contribution is -0.167. The van der Waals surface area contributed by atoms with Crippen molar-refractivity contribution < 1.29 is 28.6 Å². The van der Waals surface area contributed by atoms with Crippen LogP contribution in [0.2, 0.25) is 0 Å². The lowest BCUT2D eigenvalue weighted by Crippen LogP contribution is -2.30. The van der Waals surface area contributed by atoms with E-state index in [9.17, 15) is 14.4 Å². The highest BCUT2D eigenvalue weighted by Crippen LogP contribution is 2.16. The van der Waals surface area contributed by atoms with Crippen molar-refractivity contribution in [2.24, 2.45) is 0 Å². The second-order valence-electron chi connectivity index (χ2n) is 19.5. The van der Waals surface area contributed by atoms with Crippen molar-refractivity contribution in [2.75, 3.05) is 13.2 Å². The fourth-order valence-corrected chi connectivity index (χ4v) is 8.45. The molecule has 0 heterocycles. The predicted octanol–water partition coefficient (Wildman–Crippen LogP) is 19.4. The number of ether oxygens (including phenoxy) is 3. The molecule has 0 saturated carbocycles. The summed E-state index contributed by atoms with van der Waals surface area (Å²) in [6.45, 7) is 6.50. The number of carbonyl (C=O) groups excluding carboxylic acids is 3. The summed E-state index contributed by atoms with van der Waals surface area (Å²) in [4.78, 5) is 37.9. The summed E-state index contributed by atoms with van der Waals surface area (Å²) >= 11 is 0. The Morgan fingerprint density at radius 2 is 0.582 bits per heavy atom. The molecule has 0 aliphatic heterocycles. The summed E-state index contributed by atoms with van der Waals surface area (Å²) in [5.74, 6) is -0.890. The lowest BCUT2D eigenvalue weighted by atomic mass is 10.0. The van der Waals surface area contributed by atoms with E-state index >= 15 is 0 Å². The molecule has 0 radical (unpaired) electrons. The number of hydrogen-bond acceptors (Lipinski definition) is 6. The van der Waals surface area contributed by atoms with Gasteiger partial charge in [-0.05, 0) is 77.0 Å². The van der Waals surface area contributed by atoms with Crippen molar-refractivity contribution in [3.63, 3.8) is 0 Å². The molecule has 1 unspecified atom stereocenters. The van der Waals surface area contributed by atoms with Gasteiger partial charge in [-0.15, -0.1) is 0 Å². The van der Waals surface area contributed by atoms with Crippen molar-refractivity contribution in [3.8, 4) is 0 Å². The molecule has 390 valence electrons. The predicted molar refractivity (Wildman–Crippen MR) is 289 cm³/mol. The second kappa shape index (κ2) is 56.0. The fourth-order valence-electron chi connectivity index (χ4n) is 8.45. The molecule has 0 N–H and O–H groups in total. The lowest BCUT2D eigenvalue weighted by Gasteiger charge is -2.18. The van der Waals surface area contributed by atoms with Crippen LogP contribution in [0.15, 0.2) is 48.6 Å². The van der Waals surface area contributed by atoms with Gasteiger partial charge in [0.05, 0.1) is 0 Å². The van der Waals surface area contributed by atoms with E-state index < -0.39 is 6.10 Å². The van der Waals surface area contributed by atoms with E-state index in [1.165, 1.54) is 167 Å². The summed E-state index contributed by atoms with van der Waals surface area (Å²) in [5, 5.41) is 0. The van der Waals surface area contributed by atoms with Crippen molar-refractivity contribution in [1.29, 1.82) is 0 Å². The van der Waals surface area contributed by atoms with Crippen LogP contribution in [0.3, 0.4) is 0 Å². The minimum atomic E-state index is -0.777. The highest BCUT2D eigenvalue weighted by Gasteiger charge is 2.19. The van der Waals surface area contributed by atoms with E-state index in [1.807, 2.05) is 0 Å². The summed E-state index contributed by atoms with van der Waals surface area (Å²) in [5.41, 5.74) is 0. The van der Waals surface area contributed by atoms with Crippen molar-refractivity contribution >= 4 is 17.9 Å². The zero-order chi connectivity index (χ0) is 48.6. The van der Waals surface area contributed by atoms with E-state index in [2.05, 4.69) is 69.4 Å². The maximum absolute atomic E-state index is 12.8. The van der Waals surface area contributed by atoms with Crippen LogP contribution in [-0.2, 0) is 28.6 Å². The van der Waals surface area contributed by atoms with Gasteiger partial charge in [-0.1, -0.05) is 256 Å². The van der Waals surface area contributed by atoms with Gasteiger partial charge in [-0.25, -0.2) is 0 Å². The quantitative estimate of drug-likeness (QED) is 0.0262. The average Bonchev–Trinajstić information content (AvgIpc) is 3.33. The number of hydrogen-bond donors (Lipinski definition) is 0. The van der Waals surface area contributed by atoms with Crippen LogP contribution < -0.4 is 0 Å². The molecule has 6 nitrogen and oxygen atoms in total. The fraction of sp³-hybridized carbons (Fsp3) is 0.820. The van der Waals surface area contributed by atoms with Crippen LogP contribution in [0.25, 0.3) is 0 Å². The minimum Gasteiger partial charge on any atom is -0.462 e. The average molecular weight is 940 g/mol. The van der Waals surface area contributed by atoms with Gasteiger partial charge in [0.2, 0.25) is 0 Å². The first-order chi connectivity index (χ1) is 33.0. The molecule has 0 aromatic heterocycles. The molecule has 0 aromatic rings. The molecule has 6 heteroatoms. The number of allylic oxidation sites excluding steroid dienone is 8. The van der Waals surface area contributed by atoms with Crippen molar-refractivity contribution in [1.82, 2.24) is 0 Å². The van der Waals surface area contributed by atoms with Crippen LogP contribution in [0.1, 0.15) is 303 Å². The molecule has 0 bridgehead atoms. The van der Waals surface area contributed by atoms with Crippen LogP contribution in [0.4, 0.5) is 0 Å². The van der Waals surface area contributed by atoms with E-state index in [-0.39, 0.29) is 31.1 Å². The number of carbonyl (C=O) groups is 3. The van der Waals surface area contributed by atoms with Gasteiger partial charge in [0.1, 0.15) is 13.2 Å². The largest absolute Gasteiger partial charge is 0.462 e. The molecule has 1 atom stereocenters. The topological polar surface area (TPSA) is 78.9 Å². The molecule has 0 aliphatic carbocycles. The monoisotopic (exact) mass is 939 g/mol. The molecular weight excluding hydrogens is 829 g/mol. The highest BCUT2D eigenvalue weighted by molar-refractivity contribution is 5.71. The maximum atomic E-state index is 12.8. The van der Waals surface area contributed by atoms with E-state index in [0.29, 0.717) is 19.3 Å². The van der Waals surface area contributed by atoms with Gasteiger partial charge >= 0.3 is 17.9 Å². The Morgan fingerprint density at radius 3 is 0.925 bits per heavy atom. The van der Waals surface area contributed by atoms with Crippen LogP contribution >= 0.6 is 0 Å². The molecule has 0 rings (SSSR count). The third-order valence-electron chi connectivity index (χ3n) is 12.8. The smallest absolute Gasteiger partial charge is 0.306 e. The number of esters is 3. The Labute approximate surface area is 416 Å². The zero-order valence-corrected chi connectivity index (χ0v) is 44.7. The van der Waals surface area contributed by atoms with Crippen molar-refractivity contribution in [2.45, 2.75) is 309 Å². The third kappa shape index (κ3) is 54.2. The first-order valence-corrected chi connectivity index (χ1v) is 29.1. The van der Waals surface area contributed by atoms with Crippen LogP contribution in [0.5, 0.6) is 0 Å². The Kier molecular flexibility index (Phi) is 53.8. The molecular formula is C61H110O6. The molecule has 67 heavy (non-hydrogen) atoms. The van der Waals surface area contributed by atoms with Gasteiger partial charge in [-0.2, -0.15) is 0 Å². The normalized spacial score (nSPS) is 12.3. The Balaban J connectivity index is 4.08. The van der Waals surface area contributed by atoms with Gasteiger partial charge in [0.25, 0.3) is 0 Å². The van der Waals surface area contributed by atoms with Crippen LogP contribution in [0, 0.1) is 0 Å². The SMILES string of the molecule is CC/C=C\C/C=C\C/C=C\CCCCCCCC(=O)OC(COC(=O)CCCCCCCCC)COC(=O)CCCCCCCCCCCCCCCCC/C=C\CCCCCCCCCC. The number of unbranched alkanes of at least 4 members (excludes halogenated alkanes) is 34.